The quantitative estimate of drug-likeness (QED) is 0.327. The molecule has 0 aliphatic rings. The van der Waals surface area contributed by atoms with Crippen LogP contribution in [0.15, 0.2) is 12.3 Å². The van der Waals surface area contributed by atoms with Crippen molar-refractivity contribution in [1.29, 1.82) is 0 Å². The first kappa shape index (κ1) is 18.0. The van der Waals surface area contributed by atoms with E-state index in [1.165, 1.54) is 82.6 Å². The van der Waals surface area contributed by atoms with E-state index in [-0.39, 0.29) is 0 Å². The molecule has 0 spiro atoms. The summed E-state index contributed by atoms with van der Waals surface area (Å²) >= 11 is 0. The highest BCUT2D eigenvalue weighted by Gasteiger charge is 2.01. The van der Waals surface area contributed by atoms with Gasteiger partial charge in [-0.25, -0.2) is 0 Å². The zero-order valence-corrected chi connectivity index (χ0v) is 13.8. The molecule has 2 nitrogen and oxygen atoms in total. The van der Waals surface area contributed by atoms with Gasteiger partial charge in [0, 0.05) is 6.20 Å². The van der Waals surface area contributed by atoms with Crippen LogP contribution in [0.3, 0.4) is 0 Å². The van der Waals surface area contributed by atoms with Gasteiger partial charge in [0.05, 0.1) is 5.69 Å². The molecule has 0 fully saturated rings. The molecule has 1 aromatic heterocycles. The summed E-state index contributed by atoms with van der Waals surface area (Å²) in [6, 6.07) is 2.03. The van der Waals surface area contributed by atoms with Gasteiger partial charge in [0.1, 0.15) is 0 Å². The Morgan fingerprint density at radius 1 is 0.857 bits per heavy atom. The van der Waals surface area contributed by atoms with Crippen LogP contribution < -0.4 is 0 Å². The lowest BCUT2D eigenvalue weighted by molar-refractivity contribution is 0.111. The van der Waals surface area contributed by atoms with Crippen LogP contribution >= 0.6 is 0 Å². The minimum Gasteiger partial charge on any atom is -0.359 e. The van der Waals surface area contributed by atoms with Crippen molar-refractivity contribution in [1.82, 2.24) is 4.98 Å². The molecule has 0 aromatic carbocycles. The Morgan fingerprint density at radius 3 is 1.90 bits per heavy atom. The minimum absolute atomic E-state index is 0.762. The van der Waals surface area contributed by atoms with Gasteiger partial charge >= 0.3 is 0 Å². The predicted octanol–water partition coefficient (Wildman–Crippen LogP) is 6.07. The average Bonchev–Trinajstić information content (AvgIpc) is 2.96. The zero-order chi connectivity index (χ0) is 15.2. The third-order valence-corrected chi connectivity index (χ3v) is 4.29. The number of H-pyrrole nitrogens is 1. The summed E-state index contributed by atoms with van der Waals surface area (Å²) in [5.74, 6) is 0. The second-order valence-electron chi connectivity index (χ2n) is 6.17. The van der Waals surface area contributed by atoms with Crippen molar-refractivity contribution in [2.75, 3.05) is 0 Å². The van der Waals surface area contributed by atoms with Crippen molar-refractivity contribution < 1.29 is 4.79 Å². The molecule has 1 heterocycles. The molecule has 0 radical (unpaired) electrons. The molecule has 1 N–H and O–H groups in total. The van der Waals surface area contributed by atoms with Crippen molar-refractivity contribution in [2.45, 2.75) is 90.4 Å². The number of aryl methyl sites for hydroxylation is 1. The van der Waals surface area contributed by atoms with Gasteiger partial charge in [-0.2, -0.15) is 0 Å². The molecular formula is C19H33NO. The topological polar surface area (TPSA) is 32.9 Å². The summed E-state index contributed by atoms with van der Waals surface area (Å²) in [5, 5.41) is 0. The fourth-order valence-electron chi connectivity index (χ4n) is 2.90. The monoisotopic (exact) mass is 291 g/mol. The van der Waals surface area contributed by atoms with Crippen molar-refractivity contribution in [2.24, 2.45) is 0 Å². The number of aldehydes is 1. The maximum Gasteiger partial charge on any atom is 0.166 e. The summed E-state index contributed by atoms with van der Waals surface area (Å²) in [4.78, 5) is 13.8. The van der Waals surface area contributed by atoms with Crippen molar-refractivity contribution >= 4 is 6.29 Å². The Labute approximate surface area is 130 Å². The van der Waals surface area contributed by atoms with Gasteiger partial charge in [0.25, 0.3) is 0 Å². The Hall–Kier alpha value is -1.05. The smallest absolute Gasteiger partial charge is 0.166 e. The summed E-state index contributed by atoms with van der Waals surface area (Å²) in [6.45, 7) is 2.27. The van der Waals surface area contributed by atoms with Crippen LogP contribution in [0.2, 0.25) is 0 Å². The van der Waals surface area contributed by atoms with Crippen LogP contribution in [-0.2, 0) is 6.42 Å². The first-order valence-corrected chi connectivity index (χ1v) is 9.00. The van der Waals surface area contributed by atoms with Gasteiger partial charge in [-0.1, -0.05) is 77.6 Å². The number of hydrogen-bond acceptors (Lipinski definition) is 1. The van der Waals surface area contributed by atoms with E-state index in [0.29, 0.717) is 0 Å². The molecule has 1 rings (SSSR count). The summed E-state index contributed by atoms with van der Waals surface area (Å²) in [5.41, 5.74) is 1.94. The molecule has 0 aliphatic carbocycles. The normalized spacial score (nSPS) is 10.9. The van der Waals surface area contributed by atoms with Crippen molar-refractivity contribution in [3.05, 3.63) is 23.5 Å². The van der Waals surface area contributed by atoms with Crippen LogP contribution in [0.25, 0.3) is 0 Å². The third kappa shape index (κ3) is 8.75. The molecular weight excluding hydrogens is 258 g/mol. The Bertz CT molecular complexity index is 356. The minimum atomic E-state index is 0.762. The number of aromatic amines is 1. The Balaban J connectivity index is 1.84. The molecule has 0 bridgehead atoms. The van der Waals surface area contributed by atoms with Gasteiger partial charge in [-0.15, -0.1) is 0 Å². The number of aromatic nitrogens is 1. The number of rotatable bonds is 14. The number of carbonyl (C=O) groups excluding carboxylic acids is 1. The maximum absolute atomic E-state index is 10.8. The zero-order valence-electron chi connectivity index (χ0n) is 13.8. The predicted molar refractivity (Wildman–Crippen MR) is 91.0 cm³/mol. The van der Waals surface area contributed by atoms with Crippen LogP contribution in [0.4, 0.5) is 0 Å². The van der Waals surface area contributed by atoms with Crippen LogP contribution in [0.1, 0.15) is 100 Å². The van der Waals surface area contributed by atoms with E-state index in [1.807, 2.05) is 12.3 Å². The average molecular weight is 291 g/mol. The largest absolute Gasteiger partial charge is 0.359 e. The highest BCUT2D eigenvalue weighted by atomic mass is 16.1. The fraction of sp³-hybridized carbons (Fsp3) is 0.737. The highest BCUT2D eigenvalue weighted by Crippen LogP contribution is 2.14. The molecule has 2 heteroatoms. The van der Waals surface area contributed by atoms with Crippen LogP contribution in [0, 0.1) is 0 Å². The van der Waals surface area contributed by atoms with Gasteiger partial charge in [-0.3, -0.25) is 4.79 Å². The maximum atomic E-state index is 10.8. The van der Waals surface area contributed by atoms with E-state index in [9.17, 15) is 4.79 Å². The second kappa shape index (κ2) is 12.7. The van der Waals surface area contributed by atoms with Gasteiger partial charge in [0.2, 0.25) is 0 Å². The summed E-state index contributed by atoms with van der Waals surface area (Å²) in [7, 11) is 0. The highest BCUT2D eigenvalue weighted by molar-refractivity contribution is 5.74. The molecule has 0 unspecified atom stereocenters. The van der Waals surface area contributed by atoms with Crippen molar-refractivity contribution in [3.63, 3.8) is 0 Å². The van der Waals surface area contributed by atoms with E-state index in [2.05, 4.69) is 11.9 Å². The van der Waals surface area contributed by atoms with E-state index in [0.717, 1.165) is 18.4 Å². The lowest BCUT2D eigenvalue weighted by Gasteiger charge is -2.03. The number of nitrogens with one attached hydrogen (secondary N) is 1. The number of hydrogen-bond donors (Lipinski definition) is 1. The van der Waals surface area contributed by atoms with E-state index in [1.54, 1.807) is 0 Å². The third-order valence-electron chi connectivity index (χ3n) is 4.29. The molecule has 21 heavy (non-hydrogen) atoms. The van der Waals surface area contributed by atoms with E-state index in [4.69, 9.17) is 0 Å². The fourth-order valence-corrected chi connectivity index (χ4v) is 2.90. The molecule has 0 saturated heterocycles. The molecule has 0 saturated carbocycles. The van der Waals surface area contributed by atoms with Crippen LogP contribution in [0.5, 0.6) is 0 Å². The van der Waals surface area contributed by atoms with Gasteiger partial charge in [-0.05, 0) is 24.5 Å². The lowest BCUT2D eigenvalue weighted by Crippen LogP contribution is -1.90. The molecule has 1 aromatic rings. The second-order valence-corrected chi connectivity index (χ2v) is 6.17. The summed E-state index contributed by atoms with van der Waals surface area (Å²) in [6.07, 6.45) is 20.3. The van der Waals surface area contributed by atoms with Gasteiger partial charge in [0.15, 0.2) is 6.29 Å². The Morgan fingerprint density at radius 2 is 1.38 bits per heavy atom. The molecule has 120 valence electrons. The molecule has 0 aliphatic heterocycles. The van der Waals surface area contributed by atoms with Gasteiger partial charge < -0.3 is 4.98 Å². The number of unbranched alkanes of at least 4 members (excludes halogenated alkanes) is 11. The van der Waals surface area contributed by atoms with E-state index >= 15 is 0 Å². The lowest BCUT2D eigenvalue weighted by atomic mass is 10.0. The Kier molecular flexibility index (Phi) is 10.9. The molecule has 0 amide bonds. The molecule has 0 atom stereocenters. The standard InChI is InChI=1S/C19H33NO/c1-2-3-4-5-6-7-8-9-10-11-12-13-14-18-15-16-20-19(18)17-21/h15-17,20H,2-14H2,1H3. The summed E-state index contributed by atoms with van der Waals surface area (Å²) < 4.78 is 0. The first-order chi connectivity index (χ1) is 10.4. The number of carbonyl (C=O) groups is 1. The van der Waals surface area contributed by atoms with Crippen LogP contribution in [-0.4, -0.2) is 11.3 Å². The SMILES string of the molecule is CCCCCCCCCCCCCCc1cc[nH]c1C=O. The van der Waals surface area contributed by atoms with Crippen molar-refractivity contribution in [3.8, 4) is 0 Å². The van der Waals surface area contributed by atoms with E-state index < -0.39 is 0 Å². The first-order valence-electron chi connectivity index (χ1n) is 9.00.